The lowest BCUT2D eigenvalue weighted by atomic mass is 9.71. The summed E-state index contributed by atoms with van der Waals surface area (Å²) in [5.74, 6) is 0.904. The number of hydrogen-bond acceptors (Lipinski definition) is 2. The van der Waals surface area contributed by atoms with Crippen molar-refractivity contribution in [1.29, 1.82) is 0 Å². The van der Waals surface area contributed by atoms with Gasteiger partial charge in [-0.25, -0.2) is 0 Å². The van der Waals surface area contributed by atoms with Gasteiger partial charge in [0.05, 0.1) is 0 Å². The minimum absolute atomic E-state index is 0.795. The molecule has 0 amide bonds. The fourth-order valence-electron chi connectivity index (χ4n) is 4.83. The van der Waals surface area contributed by atoms with E-state index < -0.39 is 0 Å². The van der Waals surface area contributed by atoms with E-state index in [2.05, 4.69) is 17.3 Å². The highest BCUT2D eigenvalue weighted by molar-refractivity contribution is 4.91. The molecule has 1 spiro atoms. The second-order valence-corrected chi connectivity index (χ2v) is 7.66. The first-order valence-electron chi connectivity index (χ1n) is 8.68. The van der Waals surface area contributed by atoms with Crippen molar-refractivity contribution in [2.45, 2.75) is 70.3 Å². The first-order valence-corrected chi connectivity index (χ1v) is 8.68. The van der Waals surface area contributed by atoms with Gasteiger partial charge in [0.15, 0.2) is 0 Å². The van der Waals surface area contributed by atoms with Crippen molar-refractivity contribution in [3.05, 3.63) is 0 Å². The molecule has 2 heteroatoms. The van der Waals surface area contributed by atoms with Crippen LogP contribution in [0.5, 0.6) is 0 Å². The lowest BCUT2D eigenvalue weighted by molar-refractivity contribution is 0.156. The molecular formula is C17H32N2. The molecule has 1 aliphatic heterocycles. The zero-order chi connectivity index (χ0) is 13.1. The summed E-state index contributed by atoms with van der Waals surface area (Å²) in [6, 6.07) is 0.832. The monoisotopic (exact) mass is 264 g/mol. The summed E-state index contributed by atoms with van der Waals surface area (Å²) in [5.41, 5.74) is 0.795. The van der Waals surface area contributed by atoms with Crippen LogP contribution in [0.15, 0.2) is 0 Å². The van der Waals surface area contributed by atoms with Gasteiger partial charge in [-0.1, -0.05) is 12.8 Å². The Bertz CT molecular complexity index is 273. The van der Waals surface area contributed by atoms with Crippen LogP contribution in [-0.4, -0.2) is 37.6 Å². The minimum atomic E-state index is 0.795. The summed E-state index contributed by atoms with van der Waals surface area (Å²) < 4.78 is 0. The van der Waals surface area contributed by atoms with E-state index in [1.54, 1.807) is 0 Å². The Hall–Kier alpha value is -0.0800. The smallest absolute Gasteiger partial charge is 0.00675 e. The molecule has 3 fully saturated rings. The summed E-state index contributed by atoms with van der Waals surface area (Å²) in [6.07, 6.45) is 14.8. The summed E-state index contributed by atoms with van der Waals surface area (Å²) in [7, 11) is 2.27. The Morgan fingerprint density at radius 3 is 2.42 bits per heavy atom. The summed E-state index contributed by atoms with van der Waals surface area (Å²) in [5, 5.41) is 3.89. The van der Waals surface area contributed by atoms with Crippen molar-refractivity contribution >= 4 is 0 Å². The molecule has 2 saturated carbocycles. The maximum Gasteiger partial charge on any atom is 0.00675 e. The largest absolute Gasteiger partial charge is 0.314 e. The van der Waals surface area contributed by atoms with Crippen LogP contribution in [0.4, 0.5) is 0 Å². The highest BCUT2D eigenvalue weighted by Crippen LogP contribution is 2.48. The zero-order valence-corrected chi connectivity index (χ0v) is 12.8. The van der Waals surface area contributed by atoms with E-state index in [0.29, 0.717) is 0 Å². The Labute approximate surface area is 119 Å². The third kappa shape index (κ3) is 3.52. The average molecular weight is 264 g/mol. The number of nitrogens with one attached hydrogen (secondary N) is 1. The van der Waals surface area contributed by atoms with Crippen LogP contribution in [0, 0.1) is 11.3 Å². The Morgan fingerprint density at radius 2 is 1.74 bits per heavy atom. The highest BCUT2D eigenvalue weighted by Gasteiger charge is 2.37. The van der Waals surface area contributed by atoms with Crippen molar-refractivity contribution in [1.82, 2.24) is 10.2 Å². The summed E-state index contributed by atoms with van der Waals surface area (Å²) >= 11 is 0. The first-order chi connectivity index (χ1) is 9.26. The van der Waals surface area contributed by atoms with Crippen molar-refractivity contribution in [3.8, 4) is 0 Å². The van der Waals surface area contributed by atoms with Crippen LogP contribution < -0.4 is 5.32 Å². The van der Waals surface area contributed by atoms with Gasteiger partial charge in [-0.3, -0.25) is 0 Å². The molecule has 3 rings (SSSR count). The third-order valence-electron chi connectivity index (χ3n) is 6.13. The van der Waals surface area contributed by atoms with E-state index in [-0.39, 0.29) is 0 Å². The Kier molecular flexibility index (Phi) is 4.48. The van der Waals surface area contributed by atoms with Crippen molar-refractivity contribution in [2.24, 2.45) is 11.3 Å². The lowest BCUT2D eigenvalue weighted by Gasteiger charge is -2.38. The second-order valence-electron chi connectivity index (χ2n) is 7.66. The fraction of sp³-hybridized carbons (Fsp3) is 1.00. The number of rotatable bonds is 3. The SMILES string of the molecule is CN1CCCC(CNC2CCC3(CCCC3)CC2)C1. The maximum absolute atomic E-state index is 3.89. The van der Waals surface area contributed by atoms with E-state index in [0.717, 1.165) is 17.4 Å². The predicted octanol–water partition coefficient (Wildman–Crippen LogP) is 3.42. The normalized spacial score (nSPS) is 33.0. The number of hydrogen-bond donors (Lipinski definition) is 1. The molecule has 110 valence electrons. The molecule has 0 bridgehead atoms. The van der Waals surface area contributed by atoms with Gasteiger partial charge in [0.25, 0.3) is 0 Å². The highest BCUT2D eigenvalue weighted by atomic mass is 15.1. The van der Waals surface area contributed by atoms with Crippen LogP contribution in [-0.2, 0) is 0 Å². The molecule has 0 aromatic heterocycles. The predicted molar refractivity (Wildman–Crippen MR) is 81.4 cm³/mol. The van der Waals surface area contributed by atoms with Crippen LogP contribution in [0.25, 0.3) is 0 Å². The quantitative estimate of drug-likeness (QED) is 0.840. The van der Waals surface area contributed by atoms with Crippen molar-refractivity contribution < 1.29 is 0 Å². The molecule has 0 aromatic carbocycles. The van der Waals surface area contributed by atoms with Gasteiger partial charge in [-0.05, 0) is 82.8 Å². The molecule has 2 aliphatic carbocycles. The minimum Gasteiger partial charge on any atom is -0.314 e. The van der Waals surface area contributed by atoms with Gasteiger partial charge in [0.2, 0.25) is 0 Å². The molecule has 19 heavy (non-hydrogen) atoms. The molecule has 1 heterocycles. The molecule has 0 aromatic rings. The molecule has 1 N–H and O–H groups in total. The number of nitrogens with zero attached hydrogens (tertiary/aromatic N) is 1. The topological polar surface area (TPSA) is 15.3 Å². The van der Waals surface area contributed by atoms with E-state index >= 15 is 0 Å². The molecule has 1 atom stereocenters. The Balaban J connectivity index is 1.37. The zero-order valence-electron chi connectivity index (χ0n) is 12.8. The van der Waals surface area contributed by atoms with E-state index in [1.165, 1.54) is 83.8 Å². The van der Waals surface area contributed by atoms with Gasteiger partial charge in [0.1, 0.15) is 0 Å². The Morgan fingerprint density at radius 1 is 1.00 bits per heavy atom. The van der Waals surface area contributed by atoms with Gasteiger partial charge in [-0.2, -0.15) is 0 Å². The van der Waals surface area contributed by atoms with Crippen LogP contribution >= 0.6 is 0 Å². The van der Waals surface area contributed by atoms with E-state index in [9.17, 15) is 0 Å². The van der Waals surface area contributed by atoms with E-state index in [4.69, 9.17) is 0 Å². The lowest BCUT2D eigenvalue weighted by Crippen LogP contribution is -2.42. The number of likely N-dealkylation sites (tertiary alicyclic amines) is 1. The molecule has 1 unspecified atom stereocenters. The van der Waals surface area contributed by atoms with Gasteiger partial charge in [-0.15, -0.1) is 0 Å². The number of piperidine rings is 1. The van der Waals surface area contributed by atoms with Gasteiger partial charge >= 0.3 is 0 Å². The standard InChI is InChI=1S/C17H32N2/c1-19-12-4-5-15(14-19)13-18-16-6-10-17(11-7-16)8-2-3-9-17/h15-16,18H,2-14H2,1H3. The van der Waals surface area contributed by atoms with Crippen molar-refractivity contribution in [3.63, 3.8) is 0 Å². The fourth-order valence-corrected chi connectivity index (χ4v) is 4.83. The maximum atomic E-state index is 3.89. The molecule has 2 nitrogen and oxygen atoms in total. The average Bonchev–Trinajstić information content (AvgIpc) is 2.87. The van der Waals surface area contributed by atoms with E-state index in [1.807, 2.05) is 0 Å². The molecule has 3 aliphatic rings. The summed E-state index contributed by atoms with van der Waals surface area (Å²) in [4.78, 5) is 2.50. The van der Waals surface area contributed by atoms with Crippen LogP contribution in [0.3, 0.4) is 0 Å². The van der Waals surface area contributed by atoms with Crippen LogP contribution in [0.1, 0.15) is 64.2 Å². The molecule has 0 radical (unpaired) electrons. The summed E-state index contributed by atoms with van der Waals surface area (Å²) in [6.45, 7) is 3.88. The van der Waals surface area contributed by atoms with Crippen LogP contribution in [0.2, 0.25) is 0 Å². The second kappa shape index (κ2) is 6.13. The van der Waals surface area contributed by atoms with Gasteiger partial charge in [0, 0.05) is 12.6 Å². The third-order valence-corrected chi connectivity index (χ3v) is 6.13. The molecule has 1 saturated heterocycles. The molecular weight excluding hydrogens is 232 g/mol. The van der Waals surface area contributed by atoms with Crippen molar-refractivity contribution in [2.75, 3.05) is 26.7 Å². The van der Waals surface area contributed by atoms with Gasteiger partial charge < -0.3 is 10.2 Å². The first kappa shape index (κ1) is 13.9.